The van der Waals surface area contributed by atoms with Gasteiger partial charge in [0.1, 0.15) is 0 Å². The average molecular weight is 290 g/mol. The molecule has 0 fully saturated rings. The van der Waals surface area contributed by atoms with E-state index >= 15 is 0 Å². The first-order valence-electron chi connectivity index (χ1n) is 7.25. The molecular formula is C17H22O4. The van der Waals surface area contributed by atoms with Gasteiger partial charge in [-0.2, -0.15) is 0 Å². The standard InChI is InChI=1S/C17H22O4/c1-9-8-10-6-7-11(9)13-12(10)14(18-2)16(20-4)17(21-5)15(13)19-3/h8,10-11H,6-7H2,1-5H3/t10-,11-/m1/s1. The van der Waals surface area contributed by atoms with Crippen LogP contribution in [0, 0.1) is 0 Å². The predicted molar refractivity (Wildman–Crippen MR) is 81.1 cm³/mol. The topological polar surface area (TPSA) is 36.9 Å². The maximum Gasteiger partial charge on any atom is 0.207 e. The molecule has 0 saturated carbocycles. The fraction of sp³-hybridized carbons (Fsp3) is 0.529. The van der Waals surface area contributed by atoms with E-state index in [-0.39, 0.29) is 0 Å². The van der Waals surface area contributed by atoms with Gasteiger partial charge in [0.15, 0.2) is 11.5 Å². The van der Waals surface area contributed by atoms with Crippen molar-refractivity contribution >= 4 is 0 Å². The van der Waals surface area contributed by atoms with Gasteiger partial charge >= 0.3 is 0 Å². The molecule has 3 aliphatic carbocycles. The van der Waals surface area contributed by atoms with Gasteiger partial charge < -0.3 is 18.9 Å². The van der Waals surface area contributed by atoms with E-state index in [4.69, 9.17) is 18.9 Å². The highest BCUT2D eigenvalue weighted by Gasteiger charge is 2.40. The van der Waals surface area contributed by atoms with Crippen molar-refractivity contribution in [3.63, 3.8) is 0 Å². The number of hydrogen-bond donors (Lipinski definition) is 0. The van der Waals surface area contributed by atoms with Crippen molar-refractivity contribution in [1.29, 1.82) is 0 Å². The summed E-state index contributed by atoms with van der Waals surface area (Å²) in [6.45, 7) is 2.20. The summed E-state index contributed by atoms with van der Waals surface area (Å²) >= 11 is 0. The van der Waals surface area contributed by atoms with Crippen molar-refractivity contribution in [3.8, 4) is 23.0 Å². The number of fused-ring (bicyclic) bond motifs is 1. The van der Waals surface area contributed by atoms with Gasteiger partial charge in [0.2, 0.25) is 11.5 Å². The lowest BCUT2D eigenvalue weighted by molar-refractivity contribution is 0.295. The summed E-state index contributed by atoms with van der Waals surface area (Å²) in [5.74, 6) is 3.56. The number of methoxy groups -OCH3 is 4. The number of allylic oxidation sites excluding steroid dienone is 2. The van der Waals surface area contributed by atoms with Gasteiger partial charge in [-0.05, 0) is 19.8 Å². The van der Waals surface area contributed by atoms with Crippen molar-refractivity contribution < 1.29 is 18.9 Å². The molecule has 0 radical (unpaired) electrons. The normalized spacial score (nSPS) is 22.4. The molecule has 1 aromatic rings. The Bertz CT molecular complexity index is 604. The number of hydrogen-bond acceptors (Lipinski definition) is 4. The summed E-state index contributed by atoms with van der Waals surface area (Å²) in [4.78, 5) is 0. The third kappa shape index (κ3) is 1.81. The first-order valence-corrected chi connectivity index (χ1v) is 7.25. The number of ether oxygens (including phenoxy) is 4. The van der Waals surface area contributed by atoms with Gasteiger partial charge in [0, 0.05) is 23.0 Å². The summed E-state index contributed by atoms with van der Waals surface area (Å²) in [5, 5.41) is 0. The summed E-state index contributed by atoms with van der Waals surface area (Å²) in [6.07, 6.45) is 4.64. The van der Waals surface area contributed by atoms with Crippen molar-refractivity contribution in [2.45, 2.75) is 31.6 Å². The zero-order chi connectivity index (χ0) is 15.1. The van der Waals surface area contributed by atoms with Gasteiger partial charge in [0.25, 0.3) is 0 Å². The lowest BCUT2D eigenvalue weighted by Gasteiger charge is -2.39. The summed E-state index contributed by atoms with van der Waals surface area (Å²) in [5.41, 5.74) is 3.82. The van der Waals surface area contributed by atoms with Crippen LogP contribution in [-0.4, -0.2) is 28.4 Å². The molecule has 0 saturated heterocycles. The van der Waals surface area contributed by atoms with E-state index in [0.29, 0.717) is 23.3 Å². The van der Waals surface area contributed by atoms with Gasteiger partial charge in [0.05, 0.1) is 28.4 Å². The van der Waals surface area contributed by atoms with Crippen LogP contribution in [-0.2, 0) is 0 Å². The molecule has 0 aromatic heterocycles. The third-order valence-electron chi connectivity index (χ3n) is 4.71. The van der Waals surface area contributed by atoms with E-state index in [1.807, 2.05) is 0 Å². The van der Waals surface area contributed by atoms with Crippen LogP contribution < -0.4 is 18.9 Å². The summed E-state index contributed by atoms with van der Waals surface area (Å²) in [6, 6.07) is 0. The molecule has 0 spiro atoms. The van der Waals surface area contributed by atoms with Crippen molar-refractivity contribution in [2.75, 3.05) is 28.4 Å². The second kappa shape index (κ2) is 5.17. The van der Waals surface area contributed by atoms with E-state index in [9.17, 15) is 0 Å². The van der Waals surface area contributed by atoms with Crippen molar-refractivity contribution in [1.82, 2.24) is 0 Å². The minimum Gasteiger partial charge on any atom is -0.492 e. The Hall–Kier alpha value is -1.84. The minimum absolute atomic E-state index is 0.369. The third-order valence-corrected chi connectivity index (χ3v) is 4.71. The highest BCUT2D eigenvalue weighted by Crippen LogP contribution is 2.60. The lowest BCUT2D eigenvalue weighted by Crippen LogP contribution is -2.22. The molecule has 2 bridgehead atoms. The van der Waals surface area contributed by atoms with E-state index in [2.05, 4.69) is 13.0 Å². The van der Waals surface area contributed by atoms with Gasteiger partial charge in [-0.3, -0.25) is 0 Å². The van der Waals surface area contributed by atoms with Crippen LogP contribution >= 0.6 is 0 Å². The molecule has 0 unspecified atom stereocenters. The molecule has 2 atom stereocenters. The Labute approximate surface area is 125 Å². The second-order valence-electron chi connectivity index (χ2n) is 5.61. The van der Waals surface area contributed by atoms with Gasteiger partial charge in [-0.15, -0.1) is 0 Å². The molecule has 4 nitrogen and oxygen atoms in total. The van der Waals surface area contributed by atoms with E-state index < -0.39 is 0 Å². The Morgan fingerprint density at radius 3 is 1.76 bits per heavy atom. The Morgan fingerprint density at radius 1 is 0.762 bits per heavy atom. The van der Waals surface area contributed by atoms with E-state index in [1.165, 1.54) is 16.7 Å². The molecule has 0 aliphatic heterocycles. The molecule has 21 heavy (non-hydrogen) atoms. The molecule has 0 amide bonds. The smallest absolute Gasteiger partial charge is 0.207 e. The zero-order valence-electron chi connectivity index (χ0n) is 13.3. The first kappa shape index (κ1) is 14.1. The molecule has 0 N–H and O–H groups in total. The minimum atomic E-state index is 0.369. The lowest BCUT2D eigenvalue weighted by atomic mass is 9.67. The highest BCUT2D eigenvalue weighted by atomic mass is 16.5. The zero-order valence-corrected chi connectivity index (χ0v) is 13.3. The van der Waals surface area contributed by atoms with Gasteiger partial charge in [-0.25, -0.2) is 0 Å². The largest absolute Gasteiger partial charge is 0.492 e. The number of rotatable bonds is 4. The predicted octanol–water partition coefficient (Wildman–Crippen LogP) is 3.64. The van der Waals surface area contributed by atoms with Gasteiger partial charge in [-0.1, -0.05) is 11.6 Å². The number of benzene rings is 1. The fourth-order valence-electron chi connectivity index (χ4n) is 3.88. The van der Waals surface area contributed by atoms with Crippen LogP contribution in [0.15, 0.2) is 11.6 Å². The van der Waals surface area contributed by atoms with E-state index in [1.54, 1.807) is 28.4 Å². The molecule has 114 valence electrons. The monoisotopic (exact) mass is 290 g/mol. The van der Waals surface area contributed by atoms with Crippen LogP contribution in [0.1, 0.15) is 42.7 Å². The average Bonchev–Trinajstić information content (AvgIpc) is 2.52. The van der Waals surface area contributed by atoms with Crippen LogP contribution in [0.25, 0.3) is 0 Å². The van der Waals surface area contributed by atoms with Crippen LogP contribution in [0.2, 0.25) is 0 Å². The Kier molecular flexibility index (Phi) is 3.47. The molecule has 4 rings (SSSR count). The molecule has 1 aromatic carbocycles. The maximum absolute atomic E-state index is 5.69. The maximum atomic E-state index is 5.69. The first-order chi connectivity index (χ1) is 10.2. The SMILES string of the molecule is COc1c(OC)c(OC)c2c(c1OC)[C@@H]1CC[C@@H]2C=C1C. The Balaban J connectivity index is 2.37. The molecule has 4 heteroatoms. The van der Waals surface area contributed by atoms with Crippen molar-refractivity contribution in [2.24, 2.45) is 0 Å². The van der Waals surface area contributed by atoms with Crippen LogP contribution in [0.4, 0.5) is 0 Å². The molecule has 3 aliphatic rings. The summed E-state index contributed by atoms with van der Waals surface area (Å²) < 4.78 is 22.5. The van der Waals surface area contributed by atoms with Crippen LogP contribution in [0.5, 0.6) is 23.0 Å². The Morgan fingerprint density at radius 2 is 1.29 bits per heavy atom. The summed E-state index contributed by atoms with van der Waals surface area (Å²) in [7, 11) is 6.64. The quantitative estimate of drug-likeness (QED) is 0.793. The van der Waals surface area contributed by atoms with Crippen molar-refractivity contribution in [3.05, 3.63) is 22.8 Å². The van der Waals surface area contributed by atoms with Crippen LogP contribution in [0.3, 0.4) is 0 Å². The fourth-order valence-corrected chi connectivity index (χ4v) is 3.88. The highest BCUT2D eigenvalue weighted by molar-refractivity contribution is 5.72. The molecular weight excluding hydrogens is 268 g/mol. The van der Waals surface area contributed by atoms with E-state index in [0.717, 1.165) is 24.3 Å². The second-order valence-corrected chi connectivity index (χ2v) is 5.61. The molecule has 0 heterocycles.